The van der Waals surface area contributed by atoms with Crippen molar-refractivity contribution >= 4 is 9.04 Å². The molecule has 0 saturated heterocycles. The molecule has 3 heteroatoms. The second-order valence-electron chi connectivity index (χ2n) is 3.56. The topological polar surface area (TPSA) is 18.5 Å². The molecule has 1 aromatic carbocycles. The van der Waals surface area contributed by atoms with Crippen LogP contribution >= 0.6 is 0 Å². The summed E-state index contributed by atoms with van der Waals surface area (Å²) >= 11 is 0. The van der Waals surface area contributed by atoms with Crippen molar-refractivity contribution in [2.24, 2.45) is 0 Å². The number of rotatable bonds is 7. The van der Waals surface area contributed by atoms with Gasteiger partial charge in [0.25, 0.3) is 0 Å². The van der Waals surface area contributed by atoms with E-state index < -0.39 is 9.04 Å². The van der Waals surface area contributed by atoms with E-state index in [0.717, 1.165) is 5.75 Å². The smallest absolute Gasteiger partial charge is 0.181 e. The minimum Gasteiger partial charge on any atom is -0.469 e. The van der Waals surface area contributed by atoms with Gasteiger partial charge in [-0.15, -0.1) is 0 Å². The molecule has 0 aliphatic rings. The summed E-state index contributed by atoms with van der Waals surface area (Å²) in [5.41, 5.74) is 0. The average Bonchev–Trinajstić information content (AvgIpc) is 2.29. The monoisotopic (exact) mass is 224 g/mol. The molecule has 0 bridgehead atoms. The summed E-state index contributed by atoms with van der Waals surface area (Å²) in [5, 5.41) is 0. The first-order valence-electron chi connectivity index (χ1n) is 5.66. The summed E-state index contributed by atoms with van der Waals surface area (Å²) in [6, 6.07) is 12.2. The van der Waals surface area contributed by atoms with Crippen LogP contribution in [0.3, 0.4) is 0 Å². The van der Waals surface area contributed by atoms with Gasteiger partial charge in [0, 0.05) is 0 Å². The normalized spacial score (nSPS) is 12.4. The number of hydrogen-bond acceptors (Lipinski definition) is 2. The Hall–Kier alpha value is -0.803. The number of benzene rings is 1. The van der Waals surface area contributed by atoms with Crippen LogP contribution in [0.2, 0.25) is 12.1 Å². The maximum Gasteiger partial charge on any atom is 0.181 e. The molecule has 0 spiro atoms. The highest BCUT2D eigenvalue weighted by molar-refractivity contribution is 6.51. The number of hydrogen-bond donors (Lipinski definition) is 0. The Morgan fingerprint density at radius 3 is 2.47 bits per heavy atom. The zero-order valence-electron chi connectivity index (χ0n) is 9.61. The lowest BCUT2D eigenvalue weighted by molar-refractivity contribution is 0.117. The Bertz CT molecular complexity index is 251. The van der Waals surface area contributed by atoms with Crippen molar-refractivity contribution in [1.82, 2.24) is 0 Å². The predicted molar refractivity (Wildman–Crippen MR) is 65.8 cm³/mol. The molecule has 0 N–H and O–H groups in total. The maximum atomic E-state index is 5.75. The molecule has 0 radical (unpaired) electrons. The van der Waals surface area contributed by atoms with E-state index in [-0.39, 0.29) is 0 Å². The first-order valence-corrected chi connectivity index (χ1v) is 7.76. The molecule has 84 valence electrons. The van der Waals surface area contributed by atoms with Crippen LogP contribution in [-0.4, -0.2) is 15.8 Å². The van der Waals surface area contributed by atoms with Crippen LogP contribution in [0.25, 0.3) is 0 Å². The maximum absolute atomic E-state index is 5.75. The SMILES string of the molecule is CCC[SiH](CC)OCOc1ccccc1. The fourth-order valence-corrected chi connectivity index (χ4v) is 3.16. The van der Waals surface area contributed by atoms with E-state index in [9.17, 15) is 0 Å². The first-order chi connectivity index (χ1) is 7.36. The first kappa shape index (κ1) is 12.3. The van der Waals surface area contributed by atoms with Gasteiger partial charge in [-0.3, -0.25) is 0 Å². The van der Waals surface area contributed by atoms with Crippen LogP contribution in [0.15, 0.2) is 30.3 Å². The largest absolute Gasteiger partial charge is 0.469 e. The summed E-state index contributed by atoms with van der Waals surface area (Å²) in [6.45, 7) is 4.82. The van der Waals surface area contributed by atoms with Gasteiger partial charge in [-0.2, -0.15) is 0 Å². The van der Waals surface area contributed by atoms with Crippen molar-refractivity contribution in [1.29, 1.82) is 0 Å². The molecular weight excluding hydrogens is 204 g/mol. The molecule has 1 rings (SSSR count). The van der Waals surface area contributed by atoms with Crippen LogP contribution in [0, 0.1) is 0 Å². The summed E-state index contributed by atoms with van der Waals surface area (Å²) in [5.74, 6) is 0.887. The average molecular weight is 224 g/mol. The standard InChI is InChI=1S/C12H20O2Si/c1-3-10-15(4-2)14-11-13-12-8-6-5-7-9-12/h5-9,15H,3-4,10-11H2,1-2H3. The third kappa shape index (κ3) is 5.00. The third-order valence-electron chi connectivity index (χ3n) is 2.34. The molecule has 1 unspecified atom stereocenters. The van der Waals surface area contributed by atoms with E-state index in [0.29, 0.717) is 6.79 Å². The minimum atomic E-state index is -0.979. The highest BCUT2D eigenvalue weighted by atomic mass is 28.3. The van der Waals surface area contributed by atoms with Crippen LogP contribution in [0.5, 0.6) is 5.75 Å². The molecule has 15 heavy (non-hydrogen) atoms. The molecule has 0 saturated carbocycles. The van der Waals surface area contributed by atoms with E-state index in [1.54, 1.807) is 0 Å². The number of ether oxygens (including phenoxy) is 1. The highest BCUT2D eigenvalue weighted by Gasteiger charge is 2.07. The van der Waals surface area contributed by atoms with E-state index in [4.69, 9.17) is 9.16 Å². The van der Waals surface area contributed by atoms with Gasteiger partial charge in [0.15, 0.2) is 15.8 Å². The van der Waals surface area contributed by atoms with Crippen molar-refractivity contribution < 1.29 is 9.16 Å². The van der Waals surface area contributed by atoms with Gasteiger partial charge < -0.3 is 9.16 Å². The van der Waals surface area contributed by atoms with Crippen LogP contribution in [0.4, 0.5) is 0 Å². The van der Waals surface area contributed by atoms with Crippen molar-refractivity contribution in [3.63, 3.8) is 0 Å². The quantitative estimate of drug-likeness (QED) is 0.523. The summed E-state index contributed by atoms with van der Waals surface area (Å²) in [7, 11) is -0.979. The summed E-state index contributed by atoms with van der Waals surface area (Å²) in [6.07, 6.45) is 1.22. The van der Waals surface area contributed by atoms with Gasteiger partial charge in [0.2, 0.25) is 0 Å². The zero-order valence-corrected chi connectivity index (χ0v) is 10.8. The van der Waals surface area contributed by atoms with Crippen molar-refractivity contribution in [3.05, 3.63) is 30.3 Å². The molecule has 0 fully saturated rings. The van der Waals surface area contributed by atoms with Gasteiger partial charge in [0.05, 0.1) is 0 Å². The molecule has 0 aliphatic carbocycles. The van der Waals surface area contributed by atoms with Gasteiger partial charge in [-0.25, -0.2) is 0 Å². The Balaban J connectivity index is 2.20. The second-order valence-corrected chi connectivity index (χ2v) is 6.53. The van der Waals surface area contributed by atoms with Crippen molar-refractivity contribution in [3.8, 4) is 5.75 Å². The Kier molecular flexibility index (Phi) is 6.12. The van der Waals surface area contributed by atoms with Crippen LogP contribution in [-0.2, 0) is 4.43 Å². The predicted octanol–water partition coefficient (Wildman–Crippen LogP) is 3.19. The minimum absolute atomic E-state index is 0.411. The summed E-state index contributed by atoms with van der Waals surface area (Å²) in [4.78, 5) is 0. The lowest BCUT2D eigenvalue weighted by Gasteiger charge is -2.14. The second kappa shape index (κ2) is 7.48. The molecule has 0 heterocycles. The molecule has 1 aromatic rings. The van der Waals surface area contributed by atoms with E-state index in [2.05, 4.69) is 13.8 Å². The van der Waals surface area contributed by atoms with Crippen LogP contribution < -0.4 is 4.74 Å². The zero-order chi connectivity index (χ0) is 10.9. The molecular formula is C12H20O2Si. The Morgan fingerprint density at radius 1 is 1.13 bits per heavy atom. The Labute approximate surface area is 93.9 Å². The van der Waals surface area contributed by atoms with Gasteiger partial charge in [0.1, 0.15) is 5.75 Å². The lowest BCUT2D eigenvalue weighted by atomic mass is 10.3. The fourth-order valence-electron chi connectivity index (χ4n) is 1.44. The molecule has 0 aromatic heterocycles. The van der Waals surface area contributed by atoms with Gasteiger partial charge in [-0.1, -0.05) is 38.5 Å². The molecule has 0 aliphatic heterocycles. The molecule has 0 amide bonds. The fraction of sp³-hybridized carbons (Fsp3) is 0.500. The molecule has 2 nitrogen and oxygen atoms in total. The van der Waals surface area contributed by atoms with Gasteiger partial charge >= 0.3 is 0 Å². The third-order valence-corrected chi connectivity index (χ3v) is 5.08. The van der Waals surface area contributed by atoms with Crippen molar-refractivity contribution in [2.45, 2.75) is 32.4 Å². The van der Waals surface area contributed by atoms with Crippen LogP contribution in [0.1, 0.15) is 20.3 Å². The Morgan fingerprint density at radius 2 is 1.87 bits per heavy atom. The lowest BCUT2D eigenvalue weighted by Crippen LogP contribution is -2.19. The highest BCUT2D eigenvalue weighted by Crippen LogP contribution is 2.09. The van der Waals surface area contributed by atoms with E-state index >= 15 is 0 Å². The van der Waals surface area contributed by atoms with E-state index in [1.165, 1.54) is 18.5 Å². The van der Waals surface area contributed by atoms with E-state index in [1.807, 2.05) is 30.3 Å². The molecule has 1 atom stereocenters. The van der Waals surface area contributed by atoms with Crippen molar-refractivity contribution in [2.75, 3.05) is 6.79 Å². The summed E-state index contributed by atoms with van der Waals surface area (Å²) < 4.78 is 11.2. The number of para-hydroxylation sites is 1. The van der Waals surface area contributed by atoms with Gasteiger partial charge in [-0.05, 0) is 24.2 Å².